The summed E-state index contributed by atoms with van der Waals surface area (Å²) >= 11 is 0. The van der Waals surface area contributed by atoms with Crippen molar-refractivity contribution in [3.05, 3.63) is 29.3 Å². The van der Waals surface area contributed by atoms with Gasteiger partial charge < -0.3 is 20.3 Å². The summed E-state index contributed by atoms with van der Waals surface area (Å²) in [7, 11) is 0. The van der Waals surface area contributed by atoms with Gasteiger partial charge in [-0.05, 0) is 32.3 Å². The molecule has 2 atom stereocenters. The van der Waals surface area contributed by atoms with Crippen molar-refractivity contribution in [2.45, 2.75) is 44.8 Å². The van der Waals surface area contributed by atoms with Crippen LogP contribution < -0.4 is 10.5 Å². The van der Waals surface area contributed by atoms with E-state index < -0.39 is 11.5 Å². The second kappa shape index (κ2) is 5.27. The molecule has 2 aliphatic rings. The maximum Gasteiger partial charge on any atom is 0.129 e. The van der Waals surface area contributed by atoms with Crippen molar-refractivity contribution < 1.29 is 14.6 Å². The number of fused-ring (bicyclic) bond motifs is 1. The van der Waals surface area contributed by atoms with E-state index in [2.05, 4.69) is 19.9 Å². The Bertz CT molecular complexity index is 521. The number of hydrogen-bond acceptors (Lipinski definition) is 4. The van der Waals surface area contributed by atoms with Crippen LogP contribution in [0.25, 0.3) is 0 Å². The number of hydrogen-bond donors (Lipinski definition) is 2. The Hall–Kier alpha value is -1.10. The summed E-state index contributed by atoms with van der Waals surface area (Å²) in [6.45, 7) is 5.83. The lowest BCUT2D eigenvalue weighted by molar-refractivity contribution is -0.0791. The molecule has 0 aliphatic carbocycles. The molecule has 1 fully saturated rings. The molecule has 4 nitrogen and oxygen atoms in total. The van der Waals surface area contributed by atoms with Gasteiger partial charge in [-0.3, -0.25) is 0 Å². The average Bonchev–Trinajstić information content (AvgIpc) is 2.80. The van der Waals surface area contributed by atoms with Crippen LogP contribution in [-0.2, 0) is 11.2 Å². The van der Waals surface area contributed by atoms with E-state index in [4.69, 9.17) is 15.2 Å². The van der Waals surface area contributed by atoms with E-state index in [1.54, 1.807) is 0 Å². The Labute approximate surface area is 126 Å². The van der Waals surface area contributed by atoms with Gasteiger partial charge in [-0.1, -0.05) is 18.2 Å². The summed E-state index contributed by atoms with van der Waals surface area (Å²) < 4.78 is 11.7. The lowest BCUT2D eigenvalue weighted by Crippen LogP contribution is -2.43. The lowest BCUT2D eigenvalue weighted by atomic mass is 9.74. The topological polar surface area (TPSA) is 64.7 Å². The van der Waals surface area contributed by atoms with E-state index in [1.165, 1.54) is 5.56 Å². The van der Waals surface area contributed by atoms with Crippen LogP contribution in [0.4, 0.5) is 0 Å². The first-order valence-electron chi connectivity index (χ1n) is 7.74. The number of aliphatic hydroxyl groups is 1. The average molecular weight is 291 g/mol. The molecule has 1 aromatic rings. The molecule has 2 heterocycles. The number of rotatable bonds is 3. The van der Waals surface area contributed by atoms with Gasteiger partial charge in [-0.2, -0.15) is 0 Å². The van der Waals surface area contributed by atoms with Gasteiger partial charge in [0.1, 0.15) is 11.4 Å². The van der Waals surface area contributed by atoms with E-state index in [1.807, 2.05) is 12.1 Å². The van der Waals surface area contributed by atoms with Gasteiger partial charge in [0.05, 0.1) is 12.7 Å². The molecular weight excluding hydrogens is 266 g/mol. The SMILES string of the molecule is CC1(C)Cc2cccc(C(O)C3(CN)CCCOC3)c2O1. The van der Waals surface area contributed by atoms with Crippen molar-refractivity contribution in [3.63, 3.8) is 0 Å². The number of ether oxygens (including phenoxy) is 2. The molecule has 2 unspecified atom stereocenters. The molecular formula is C17H25NO3. The summed E-state index contributed by atoms with van der Waals surface area (Å²) in [5.74, 6) is 0.841. The van der Waals surface area contributed by atoms with Crippen molar-refractivity contribution in [1.82, 2.24) is 0 Å². The zero-order valence-corrected chi connectivity index (χ0v) is 12.9. The van der Waals surface area contributed by atoms with Crippen LogP contribution in [0.3, 0.4) is 0 Å². The molecule has 0 saturated carbocycles. The maximum absolute atomic E-state index is 11.0. The van der Waals surface area contributed by atoms with Gasteiger partial charge in [0, 0.05) is 30.6 Å². The van der Waals surface area contributed by atoms with Crippen LogP contribution in [0.2, 0.25) is 0 Å². The minimum absolute atomic E-state index is 0.211. The molecule has 3 N–H and O–H groups in total. The molecule has 0 bridgehead atoms. The van der Waals surface area contributed by atoms with Crippen molar-refractivity contribution in [1.29, 1.82) is 0 Å². The van der Waals surface area contributed by atoms with Crippen LogP contribution in [0.1, 0.15) is 43.9 Å². The first kappa shape index (κ1) is 14.8. The summed E-state index contributed by atoms with van der Waals surface area (Å²) in [6, 6.07) is 6.03. The maximum atomic E-state index is 11.0. The quantitative estimate of drug-likeness (QED) is 0.896. The third kappa shape index (κ3) is 2.56. The second-order valence-electron chi connectivity index (χ2n) is 7.00. The molecule has 1 aromatic carbocycles. The first-order chi connectivity index (χ1) is 9.97. The fraction of sp³-hybridized carbons (Fsp3) is 0.647. The highest BCUT2D eigenvalue weighted by molar-refractivity contribution is 5.47. The van der Waals surface area contributed by atoms with Gasteiger partial charge >= 0.3 is 0 Å². The lowest BCUT2D eigenvalue weighted by Gasteiger charge is -2.40. The fourth-order valence-electron chi connectivity index (χ4n) is 3.55. The van der Waals surface area contributed by atoms with Gasteiger partial charge in [0.15, 0.2) is 0 Å². The highest BCUT2D eigenvalue weighted by atomic mass is 16.5. The standard InChI is InChI=1S/C17H25NO3/c1-16(2)9-12-5-3-6-13(14(12)21-16)15(19)17(10-18)7-4-8-20-11-17/h3,5-6,15,19H,4,7-11,18H2,1-2H3. The van der Waals surface area contributed by atoms with Gasteiger partial charge in [0.2, 0.25) is 0 Å². The smallest absolute Gasteiger partial charge is 0.129 e. The number of nitrogens with two attached hydrogens (primary N) is 1. The minimum atomic E-state index is -0.647. The van der Waals surface area contributed by atoms with Crippen LogP contribution in [0.5, 0.6) is 5.75 Å². The Morgan fingerprint density at radius 2 is 2.19 bits per heavy atom. The molecule has 116 valence electrons. The monoisotopic (exact) mass is 291 g/mol. The Kier molecular flexibility index (Phi) is 3.72. The molecule has 0 amide bonds. The molecule has 0 aromatic heterocycles. The van der Waals surface area contributed by atoms with Gasteiger partial charge in [0.25, 0.3) is 0 Å². The molecule has 2 aliphatic heterocycles. The first-order valence-corrected chi connectivity index (χ1v) is 7.74. The van der Waals surface area contributed by atoms with Crippen LogP contribution in [0.15, 0.2) is 18.2 Å². The third-order valence-corrected chi connectivity index (χ3v) is 4.76. The predicted molar refractivity (Wildman–Crippen MR) is 81.4 cm³/mol. The highest BCUT2D eigenvalue weighted by Crippen LogP contribution is 2.47. The predicted octanol–water partition coefficient (Wildman–Crippen LogP) is 2.19. The Morgan fingerprint density at radius 1 is 1.38 bits per heavy atom. The van der Waals surface area contributed by atoms with Crippen molar-refractivity contribution in [2.75, 3.05) is 19.8 Å². The van der Waals surface area contributed by atoms with Crippen molar-refractivity contribution in [3.8, 4) is 5.75 Å². The van der Waals surface area contributed by atoms with Crippen LogP contribution in [-0.4, -0.2) is 30.5 Å². The number of para-hydroxylation sites is 1. The Morgan fingerprint density at radius 3 is 2.86 bits per heavy atom. The highest BCUT2D eigenvalue weighted by Gasteiger charge is 2.42. The van der Waals surface area contributed by atoms with E-state index in [0.717, 1.165) is 37.2 Å². The summed E-state index contributed by atoms with van der Waals surface area (Å²) in [5, 5.41) is 11.0. The largest absolute Gasteiger partial charge is 0.487 e. The molecule has 0 radical (unpaired) electrons. The summed E-state index contributed by atoms with van der Waals surface area (Å²) in [4.78, 5) is 0. The summed E-state index contributed by atoms with van der Waals surface area (Å²) in [5.41, 5.74) is 7.41. The van der Waals surface area contributed by atoms with Crippen molar-refractivity contribution >= 4 is 0 Å². The molecule has 0 spiro atoms. The normalized spacial score (nSPS) is 28.8. The summed E-state index contributed by atoms with van der Waals surface area (Å²) in [6.07, 6.45) is 2.05. The van der Waals surface area contributed by atoms with E-state index >= 15 is 0 Å². The third-order valence-electron chi connectivity index (χ3n) is 4.76. The molecule has 21 heavy (non-hydrogen) atoms. The minimum Gasteiger partial charge on any atom is -0.487 e. The van der Waals surface area contributed by atoms with E-state index in [9.17, 15) is 5.11 Å². The fourth-order valence-corrected chi connectivity index (χ4v) is 3.55. The molecule has 1 saturated heterocycles. The van der Waals surface area contributed by atoms with Crippen LogP contribution in [0, 0.1) is 5.41 Å². The Balaban J connectivity index is 1.96. The van der Waals surface area contributed by atoms with Crippen LogP contribution >= 0.6 is 0 Å². The zero-order chi connectivity index (χ0) is 15.1. The van der Waals surface area contributed by atoms with Crippen molar-refractivity contribution in [2.24, 2.45) is 11.1 Å². The van der Waals surface area contributed by atoms with Gasteiger partial charge in [-0.15, -0.1) is 0 Å². The number of benzene rings is 1. The molecule has 4 heteroatoms. The zero-order valence-electron chi connectivity index (χ0n) is 12.9. The van der Waals surface area contributed by atoms with E-state index in [0.29, 0.717) is 13.2 Å². The van der Waals surface area contributed by atoms with Gasteiger partial charge in [-0.25, -0.2) is 0 Å². The molecule has 3 rings (SSSR count). The van der Waals surface area contributed by atoms with E-state index in [-0.39, 0.29) is 5.60 Å². The number of aliphatic hydroxyl groups excluding tert-OH is 1. The second-order valence-corrected chi connectivity index (χ2v) is 7.00.